The van der Waals surface area contributed by atoms with Gasteiger partial charge in [0.25, 0.3) is 0 Å². The normalized spacial score (nSPS) is 12.3. The van der Waals surface area contributed by atoms with Gasteiger partial charge in [0.2, 0.25) is 0 Å². The topological polar surface area (TPSA) is 29.5 Å². The molecule has 0 atom stereocenters. The Labute approximate surface area is 267 Å². The molecule has 0 N–H and O–H groups in total. The van der Waals surface area contributed by atoms with E-state index in [1.165, 1.54) is 27.3 Å². The van der Waals surface area contributed by atoms with Crippen molar-refractivity contribution in [3.05, 3.63) is 139 Å². The summed E-state index contributed by atoms with van der Waals surface area (Å²) in [5.41, 5.74) is 9.18. The third-order valence-corrected chi connectivity index (χ3v) is 9.49. The maximum atomic E-state index is 6.70. The highest BCUT2D eigenvalue weighted by molar-refractivity contribution is 6.28. The van der Waals surface area contributed by atoms with Gasteiger partial charge in [-0.15, -0.1) is 0 Å². The van der Waals surface area contributed by atoms with E-state index in [4.69, 9.17) is 8.83 Å². The van der Waals surface area contributed by atoms with Crippen LogP contribution < -0.4 is 4.90 Å². The average Bonchev–Trinajstić information content (AvgIpc) is 3.63. The first kappa shape index (κ1) is 26.8. The Balaban J connectivity index is 1.36. The number of fused-ring (bicyclic) bond motifs is 10. The van der Waals surface area contributed by atoms with Crippen molar-refractivity contribution in [2.24, 2.45) is 0 Å². The van der Waals surface area contributed by atoms with Crippen molar-refractivity contribution in [1.29, 1.82) is 0 Å². The lowest BCUT2D eigenvalue weighted by Gasteiger charge is -2.28. The zero-order valence-electron chi connectivity index (χ0n) is 26.4. The number of furan rings is 2. The van der Waals surface area contributed by atoms with Gasteiger partial charge in [-0.2, -0.15) is 0 Å². The molecule has 0 saturated carbocycles. The Kier molecular flexibility index (Phi) is 5.67. The van der Waals surface area contributed by atoms with E-state index in [1.807, 2.05) is 0 Å². The summed E-state index contributed by atoms with van der Waals surface area (Å²) >= 11 is 0. The van der Waals surface area contributed by atoms with E-state index in [9.17, 15) is 0 Å². The van der Waals surface area contributed by atoms with E-state index >= 15 is 0 Å². The van der Waals surface area contributed by atoms with Crippen molar-refractivity contribution in [3.63, 3.8) is 0 Å². The van der Waals surface area contributed by atoms with E-state index in [1.54, 1.807) is 0 Å². The van der Waals surface area contributed by atoms with Gasteiger partial charge in [0.15, 0.2) is 0 Å². The fourth-order valence-corrected chi connectivity index (χ4v) is 7.31. The smallest absolute Gasteiger partial charge is 0.139 e. The van der Waals surface area contributed by atoms with Crippen LogP contribution in [0.5, 0.6) is 0 Å². The van der Waals surface area contributed by atoms with Gasteiger partial charge in [-0.3, -0.25) is 0 Å². The number of benzene rings is 7. The quantitative estimate of drug-likeness (QED) is 0.203. The third kappa shape index (κ3) is 3.91. The van der Waals surface area contributed by atoms with Crippen LogP contribution in [0.2, 0.25) is 0 Å². The number of aryl methyl sites for hydroxylation is 1. The summed E-state index contributed by atoms with van der Waals surface area (Å²) in [6.45, 7) is 8.89. The Morgan fingerprint density at radius 2 is 1.22 bits per heavy atom. The molecule has 0 amide bonds. The highest BCUT2D eigenvalue weighted by atomic mass is 16.3. The van der Waals surface area contributed by atoms with Crippen LogP contribution in [-0.4, -0.2) is 0 Å². The third-order valence-electron chi connectivity index (χ3n) is 9.49. The largest absolute Gasteiger partial charge is 0.456 e. The molecule has 0 unspecified atom stereocenters. The van der Waals surface area contributed by atoms with Crippen LogP contribution >= 0.6 is 0 Å². The molecule has 9 rings (SSSR count). The first-order valence-corrected chi connectivity index (χ1v) is 15.9. The molecule has 9 aromatic rings. The maximum absolute atomic E-state index is 6.70. The fraction of sp³-hybridized carbons (Fsp3) is 0.116. The first-order chi connectivity index (χ1) is 22.4. The van der Waals surface area contributed by atoms with Crippen molar-refractivity contribution >= 4 is 82.5 Å². The van der Waals surface area contributed by atoms with Crippen LogP contribution in [0.1, 0.15) is 31.9 Å². The minimum Gasteiger partial charge on any atom is -0.456 e. The van der Waals surface area contributed by atoms with Crippen molar-refractivity contribution in [1.82, 2.24) is 0 Å². The summed E-state index contributed by atoms with van der Waals surface area (Å²) in [5, 5.41) is 9.34. The second kappa shape index (κ2) is 9.73. The molecule has 2 aromatic heterocycles. The number of para-hydroxylation sites is 2. The summed E-state index contributed by atoms with van der Waals surface area (Å²) in [4.78, 5) is 2.36. The molecule has 46 heavy (non-hydrogen) atoms. The first-order valence-electron chi connectivity index (χ1n) is 15.9. The molecule has 0 radical (unpaired) electrons. The minimum atomic E-state index is -0.0321. The maximum Gasteiger partial charge on any atom is 0.139 e. The zero-order valence-corrected chi connectivity index (χ0v) is 26.4. The predicted octanol–water partition coefficient (Wildman–Crippen LogP) is 12.9. The van der Waals surface area contributed by atoms with Crippen molar-refractivity contribution < 1.29 is 8.83 Å². The zero-order chi connectivity index (χ0) is 31.2. The Morgan fingerprint density at radius 3 is 2.04 bits per heavy atom. The Hall–Kier alpha value is -5.54. The number of nitrogens with zero attached hydrogens (tertiary/aromatic N) is 1. The van der Waals surface area contributed by atoms with E-state index in [2.05, 4.69) is 160 Å². The highest BCUT2D eigenvalue weighted by Crippen LogP contribution is 2.47. The molecule has 0 fully saturated rings. The van der Waals surface area contributed by atoms with Gasteiger partial charge in [0, 0.05) is 56.0 Å². The van der Waals surface area contributed by atoms with Gasteiger partial charge in [-0.05, 0) is 58.3 Å². The van der Waals surface area contributed by atoms with E-state index < -0.39 is 0 Å². The molecule has 0 aliphatic rings. The van der Waals surface area contributed by atoms with Crippen LogP contribution in [0.3, 0.4) is 0 Å². The lowest BCUT2D eigenvalue weighted by molar-refractivity contribution is 0.573. The number of hydrogen-bond acceptors (Lipinski definition) is 3. The van der Waals surface area contributed by atoms with Crippen LogP contribution in [0.4, 0.5) is 17.1 Å². The molecular weight excluding hydrogens is 562 g/mol. The molecule has 2 heterocycles. The molecule has 222 valence electrons. The van der Waals surface area contributed by atoms with Gasteiger partial charge in [-0.1, -0.05) is 112 Å². The van der Waals surface area contributed by atoms with E-state index in [0.29, 0.717) is 0 Å². The monoisotopic (exact) mass is 595 g/mol. The summed E-state index contributed by atoms with van der Waals surface area (Å²) < 4.78 is 13.4. The van der Waals surface area contributed by atoms with Gasteiger partial charge >= 0.3 is 0 Å². The average molecular weight is 596 g/mol. The van der Waals surface area contributed by atoms with Gasteiger partial charge in [0.1, 0.15) is 22.3 Å². The second-order valence-corrected chi connectivity index (χ2v) is 13.4. The summed E-state index contributed by atoms with van der Waals surface area (Å²) in [7, 11) is 0. The molecule has 0 aliphatic heterocycles. The van der Waals surface area contributed by atoms with Crippen LogP contribution in [0, 0.1) is 6.92 Å². The number of hydrogen-bond donors (Lipinski definition) is 0. The highest BCUT2D eigenvalue weighted by Gasteiger charge is 2.24. The van der Waals surface area contributed by atoms with Crippen LogP contribution in [-0.2, 0) is 5.41 Å². The van der Waals surface area contributed by atoms with Crippen LogP contribution in [0.25, 0.3) is 65.4 Å². The van der Waals surface area contributed by atoms with Gasteiger partial charge in [-0.25, -0.2) is 0 Å². The fourth-order valence-electron chi connectivity index (χ4n) is 7.31. The minimum absolute atomic E-state index is 0.0321. The van der Waals surface area contributed by atoms with Gasteiger partial charge in [0.05, 0.1) is 5.69 Å². The number of anilines is 3. The van der Waals surface area contributed by atoms with E-state index in [-0.39, 0.29) is 5.41 Å². The molecule has 0 bridgehead atoms. The lowest BCUT2D eigenvalue weighted by atomic mass is 9.86. The van der Waals surface area contributed by atoms with E-state index in [0.717, 1.165) is 66.3 Å². The van der Waals surface area contributed by atoms with Crippen LogP contribution in [0.15, 0.2) is 136 Å². The number of rotatable bonds is 3. The summed E-state index contributed by atoms with van der Waals surface area (Å²) in [5.74, 6) is 0. The Bertz CT molecular complexity index is 2650. The predicted molar refractivity (Wildman–Crippen MR) is 194 cm³/mol. The molecule has 3 heteroatoms. The standard InChI is InChI=1S/C43H33NO2/c1-26-12-5-10-19-35(26)44(28-21-22-31-33-17-11-18-34(43(2,3)4)42(33)46-38(31)24-28)36-25-39-41(32-16-9-8-15-30(32)36)40-29-14-7-6-13-27(29)20-23-37(40)45-39/h5-25H,1-4H3. The molecule has 0 saturated heterocycles. The molecular formula is C43H33NO2. The van der Waals surface area contributed by atoms with Crippen molar-refractivity contribution in [2.75, 3.05) is 4.90 Å². The second-order valence-electron chi connectivity index (χ2n) is 13.4. The van der Waals surface area contributed by atoms with Crippen molar-refractivity contribution in [2.45, 2.75) is 33.1 Å². The molecule has 0 aliphatic carbocycles. The summed E-state index contributed by atoms with van der Waals surface area (Å²) in [6.07, 6.45) is 0. The lowest BCUT2D eigenvalue weighted by Crippen LogP contribution is -2.11. The molecule has 0 spiro atoms. The van der Waals surface area contributed by atoms with Gasteiger partial charge < -0.3 is 13.7 Å². The molecule has 7 aromatic carbocycles. The summed E-state index contributed by atoms with van der Waals surface area (Å²) in [6, 6.07) is 45.4. The van der Waals surface area contributed by atoms with Crippen molar-refractivity contribution in [3.8, 4) is 0 Å². The molecule has 3 nitrogen and oxygen atoms in total. The Morgan fingerprint density at radius 1 is 0.500 bits per heavy atom. The SMILES string of the molecule is Cc1ccccc1N(c1ccc2c(c1)oc1c(C(C)(C)C)cccc12)c1cc2oc3ccc4ccccc4c3c2c2ccccc12.